The molecule has 3 rings (SSSR count). The van der Waals surface area contributed by atoms with E-state index in [1.165, 1.54) is 17.7 Å². The van der Waals surface area contributed by atoms with Gasteiger partial charge in [-0.15, -0.1) is 22.7 Å². The van der Waals surface area contributed by atoms with Crippen LogP contribution < -0.4 is 5.32 Å². The van der Waals surface area contributed by atoms with Crippen LogP contribution in [0.4, 0.5) is 0 Å². The van der Waals surface area contributed by atoms with Crippen molar-refractivity contribution >= 4 is 22.7 Å². The minimum atomic E-state index is 0.741. The van der Waals surface area contributed by atoms with E-state index >= 15 is 0 Å². The summed E-state index contributed by atoms with van der Waals surface area (Å²) in [5.74, 6) is 0. The molecule has 0 saturated heterocycles. The molecule has 0 bridgehead atoms. The molecule has 5 heteroatoms. The van der Waals surface area contributed by atoms with Crippen molar-refractivity contribution in [1.82, 2.24) is 15.3 Å². The lowest BCUT2D eigenvalue weighted by Crippen LogP contribution is -2.14. The van der Waals surface area contributed by atoms with E-state index in [1.54, 1.807) is 22.7 Å². The van der Waals surface area contributed by atoms with Crippen molar-refractivity contribution < 1.29 is 0 Å². The first kappa shape index (κ1) is 11.3. The molecule has 0 amide bonds. The summed E-state index contributed by atoms with van der Waals surface area (Å²) in [6, 6.07) is 0.741. The van der Waals surface area contributed by atoms with Gasteiger partial charge in [-0.05, 0) is 26.7 Å². The molecule has 0 unspecified atom stereocenters. The maximum Gasteiger partial charge on any atom is 0.107 e. The summed E-state index contributed by atoms with van der Waals surface area (Å²) in [4.78, 5) is 10.5. The van der Waals surface area contributed by atoms with Crippen molar-refractivity contribution in [2.75, 3.05) is 0 Å². The van der Waals surface area contributed by atoms with Gasteiger partial charge in [0.1, 0.15) is 16.4 Å². The largest absolute Gasteiger partial charge is 0.308 e. The number of aromatic nitrogens is 2. The first-order valence-corrected chi connectivity index (χ1v) is 7.54. The Balaban J connectivity index is 1.76. The molecular weight excluding hydrogens is 250 g/mol. The third-order valence-corrected chi connectivity index (χ3v) is 4.55. The summed E-state index contributed by atoms with van der Waals surface area (Å²) < 4.78 is 0. The third-order valence-electron chi connectivity index (χ3n) is 2.82. The number of rotatable bonds is 4. The minimum absolute atomic E-state index is 0.741. The molecule has 2 heterocycles. The average Bonchev–Trinajstić information content (AvgIpc) is 2.90. The number of aryl methyl sites for hydroxylation is 2. The van der Waals surface area contributed by atoms with Gasteiger partial charge in [0.05, 0.1) is 5.01 Å². The van der Waals surface area contributed by atoms with Gasteiger partial charge in [-0.2, -0.15) is 0 Å². The molecule has 2 aromatic heterocycles. The van der Waals surface area contributed by atoms with Crippen molar-refractivity contribution in [2.45, 2.75) is 39.3 Å². The molecule has 2 aromatic rings. The second-order valence-corrected chi connectivity index (χ2v) is 6.77. The van der Waals surface area contributed by atoms with Gasteiger partial charge in [0.25, 0.3) is 0 Å². The minimum Gasteiger partial charge on any atom is -0.308 e. The Labute approximate surface area is 109 Å². The van der Waals surface area contributed by atoms with Crippen molar-refractivity contribution in [3.63, 3.8) is 0 Å². The quantitative estimate of drug-likeness (QED) is 0.923. The zero-order chi connectivity index (χ0) is 11.8. The maximum absolute atomic E-state index is 4.65. The summed E-state index contributed by atoms with van der Waals surface area (Å²) in [7, 11) is 0. The van der Waals surface area contributed by atoms with Crippen molar-refractivity contribution in [2.24, 2.45) is 0 Å². The second-order valence-electron chi connectivity index (χ2n) is 4.42. The van der Waals surface area contributed by atoms with Crippen molar-refractivity contribution in [3.8, 4) is 11.4 Å². The Hall–Kier alpha value is -0.780. The highest BCUT2D eigenvalue weighted by Gasteiger charge is 2.20. The van der Waals surface area contributed by atoms with Gasteiger partial charge < -0.3 is 5.32 Å². The molecule has 0 atom stereocenters. The highest BCUT2D eigenvalue weighted by atomic mass is 32.1. The van der Waals surface area contributed by atoms with E-state index in [0.717, 1.165) is 34.0 Å². The normalized spacial score (nSPS) is 15.4. The monoisotopic (exact) mass is 265 g/mol. The molecule has 1 saturated carbocycles. The predicted octanol–water partition coefficient (Wildman–Crippen LogP) is 3.14. The summed E-state index contributed by atoms with van der Waals surface area (Å²) in [6.07, 6.45) is 2.64. The van der Waals surface area contributed by atoms with Crippen LogP contribution in [0.3, 0.4) is 0 Å². The third kappa shape index (κ3) is 2.56. The van der Waals surface area contributed by atoms with Gasteiger partial charge >= 0.3 is 0 Å². The van der Waals surface area contributed by atoms with Crippen LogP contribution in [0.15, 0.2) is 5.38 Å². The van der Waals surface area contributed by atoms with Gasteiger partial charge in [-0.25, -0.2) is 9.97 Å². The Kier molecular flexibility index (Phi) is 2.98. The standard InChI is InChI=1S/C12H15N3S2/c1-7-12(14-8(2)17-7)10-6-16-11(15-10)5-13-9-3-4-9/h6,9,13H,3-5H2,1-2H3. The molecule has 1 N–H and O–H groups in total. The van der Waals surface area contributed by atoms with Gasteiger partial charge in [-0.1, -0.05) is 0 Å². The molecule has 1 aliphatic carbocycles. The van der Waals surface area contributed by atoms with Crippen LogP contribution in [0.2, 0.25) is 0 Å². The Morgan fingerprint density at radius 2 is 2.18 bits per heavy atom. The lowest BCUT2D eigenvalue weighted by molar-refractivity contribution is 0.685. The fourth-order valence-corrected chi connectivity index (χ4v) is 3.34. The lowest BCUT2D eigenvalue weighted by Gasteiger charge is -1.97. The number of nitrogens with one attached hydrogen (secondary N) is 1. The molecule has 0 aromatic carbocycles. The molecule has 1 fully saturated rings. The summed E-state index contributed by atoms with van der Waals surface area (Å²) in [5.41, 5.74) is 2.09. The number of hydrogen-bond donors (Lipinski definition) is 1. The van der Waals surface area contributed by atoms with Crippen molar-refractivity contribution in [1.29, 1.82) is 0 Å². The van der Waals surface area contributed by atoms with Gasteiger partial charge in [-0.3, -0.25) is 0 Å². The highest BCUT2D eigenvalue weighted by molar-refractivity contribution is 7.12. The van der Waals surface area contributed by atoms with Crippen LogP contribution in [-0.4, -0.2) is 16.0 Å². The first-order chi connectivity index (χ1) is 8.22. The van der Waals surface area contributed by atoms with E-state index in [9.17, 15) is 0 Å². The van der Waals surface area contributed by atoms with Crippen LogP contribution >= 0.6 is 22.7 Å². The van der Waals surface area contributed by atoms with Gasteiger partial charge in [0, 0.05) is 22.8 Å². The topological polar surface area (TPSA) is 37.8 Å². The second kappa shape index (κ2) is 4.48. The van der Waals surface area contributed by atoms with E-state index in [-0.39, 0.29) is 0 Å². The number of thiazole rings is 2. The highest BCUT2D eigenvalue weighted by Crippen LogP contribution is 2.28. The molecule has 90 valence electrons. The molecule has 17 heavy (non-hydrogen) atoms. The van der Waals surface area contributed by atoms with Crippen LogP contribution in [-0.2, 0) is 6.54 Å². The van der Waals surface area contributed by atoms with E-state index < -0.39 is 0 Å². The maximum atomic E-state index is 4.65. The molecule has 1 aliphatic rings. The van der Waals surface area contributed by atoms with E-state index in [1.807, 2.05) is 6.92 Å². The summed E-state index contributed by atoms with van der Waals surface area (Å²) in [5, 5.41) is 7.88. The molecule has 0 aliphatic heterocycles. The average molecular weight is 265 g/mol. The van der Waals surface area contributed by atoms with Crippen LogP contribution in [0, 0.1) is 13.8 Å². The number of hydrogen-bond acceptors (Lipinski definition) is 5. The van der Waals surface area contributed by atoms with E-state index in [4.69, 9.17) is 0 Å². The van der Waals surface area contributed by atoms with Crippen LogP contribution in [0.1, 0.15) is 27.7 Å². The van der Waals surface area contributed by atoms with Crippen LogP contribution in [0.5, 0.6) is 0 Å². The smallest absolute Gasteiger partial charge is 0.107 e. The number of nitrogens with zero attached hydrogens (tertiary/aromatic N) is 2. The van der Waals surface area contributed by atoms with Gasteiger partial charge in [0.2, 0.25) is 0 Å². The molecular formula is C12H15N3S2. The Bertz CT molecular complexity index is 526. The SMILES string of the molecule is Cc1nc(-c2csc(CNC3CC3)n2)c(C)s1. The van der Waals surface area contributed by atoms with Gasteiger partial charge in [0.15, 0.2) is 0 Å². The summed E-state index contributed by atoms with van der Waals surface area (Å²) in [6.45, 7) is 5.06. The molecule has 3 nitrogen and oxygen atoms in total. The predicted molar refractivity (Wildman–Crippen MR) is 72.6 cm³/mol. The van der Waals surface area contributed by atoms with Crippen molar-refractivity contribution in [3.05, 3.63) is 20.3 Å². The van der Waals surface area contributed by atoms with Crippen LogP contribution in [0.25, 0.3) is 11.4 Å². The Morgan fingerprint density at radius 1 is 1.35 bits per heavy atom. The summed E-state index contributed by atoms with van der Waals surface area (Å²) >= 11 is 3.46. The fourth-order valence-electron chi connectivity index (χ4n) is 1.79. The lowest BCUT2D eigenvalue weighted by atomic mass is 10.3. The Morgan fingerprint density at radius 3 is 2.82 bits per heavy atom. The first-order valence-electron chi connectivity index (χ1n) is 5.84. The zero-order valence-corrected chi connectivity index (χ0v) is 11.6. The van der Waals surface area contributed by atoms with E-state index in [0.29, 0.717) is 0 Å². The van der Waals surface area contributed by atoms with E-state index in [2.05, 4.69) is 27.6 Å². The zero-order valence-electron chi connectivity index (χ0n) is 9.99. The fraction of sp³-hybridized carbons (Fsp3) is 0.500. The molecule has 0 spiro atoms. The molecule has 0 radical (unpaired) electrons.